The van der Waals surface area contributed by atoms with Crippen LogP contribution in [-0.4, -0.2) is 13.1 Å². The minimum Gasteiger partial charge on any atom is -0.316 e. The summed E-state index contributed by atoms with van der Waals surface area (Å²) < 4.78 is 0.856. The van der Waals surface area contributed by atoms with Gasteiger partial charge in [-0.1, -0.05) is 49.2 Å². The van der Waals surface area contributed by atoms with Crippen LogP contribution < -0.4 is 5.32 Å². The SMILES string of the molecule is CC(C)CNCC(Cc1ccc(Cl)s1)c1ccc(Cl)cc1. The molecule has 1 nitrogen and oxygen atoms in total. The highest BCUT2D eigenvalue weighted by atomic mass is 35.5. The van der Waals surface area contributed by atoms with Crippen LogP contribution in [0.5, 0.6) is 0 Å². The molecule has 0 aliphatic rings. The molecule has 0 saturated heterocycles. The van der Waals surface area contributed by atoms with Crippen molar-refractivity contribution in [2.24, 2.45) is 5.92 Å². The normalized spacial score (nSPS) is 12.8. The molecule has 1 aromatic heterocycles. The molecule has 0 saturated carbocycles. The second kappa shape index (κ2) is 8.19. The molecule has 1 aromatic carbocycles. The third-order valence-electron chi connectivity index (χ3n) is 3.36. The largest absolute Gasteiger partial charge is 0.316 e. The van der Waals surface area contributed by atoms with Gasteiger partial charge >= 0.3 is 0 Å². The number of halogens is 2. The summed E-state index contributed by atoms with van der Waals surface area (Å²) in [6, 6.07) is 12.3. The van der Waals surface area contributed by atoms with Crippen molar-refractivity contribution in [3.63, 3.8) is 0 Å². The molecule has 0 spiro atoms. The number of hydrogen-bond donors (Lipinski definition) is 1. The summed E-state index contributed by atoms with van der Waals surface area (Å²) in [6.45, 7) is 6.46. The van der Waals surface area contributed by atoms with Gasteiger partial charge in [0.15, 0.2) is 0 Å². The van der Waals surface area contributed by atoms with Crippen molar-refractivity contribution < 1.29 is 0 Å². The van der Waals surface area contributed by atoms with E-state index >= 15 is 0 Å². The van der Waals surface area contributed by atoms with E-state index < -0.39 is 0 Å². The van der Waals surface area contributed by atoms with Crippen molar-refractivity contribution in [2.45, 2.75) is 26.2 Å². The van der Waals surface area contributed by atoms with Gasteiger partial charge in [-0.05, 0) is 48.7 Å². The lowest BCUT2D eigenvalue weighted by Gasteiger charge is -2.18. The van der Waals surface area contributed by atoms with Gasteiger partial charge < -0.3 is 5.32 Å². The topological polar surface area (TPSA) is 12.0 Å². The standard InChI is InChI=1S/C17H21Cl2NS/c1-12(2)10-20-11-14(9-16-7-8-17(19)21-16)13-3-5-15(18)6-4-13/h3-8,12,14,20H,9-11H2,1-2H3. The van der Waals surface area contributed by atoms with Gasteiger partial charge in [0.05, 0.1) is 4.34 Å². The Bertz CT molecular complexity index is 548. The van der Waals surface area contributed by atoms with Crippen molar-refractivity contribution >= 4 is 34.5 Å². The highest BCUT2D eigenvalue weighted by Crippen LogP contribution is 2.28. The van der Waals surface area contributed by atoms with Crippen molar-refractivity contribution in [2.75, 3.05) is 13.1 Å². The van der Waals surface area contributed by atoms with E-state index in [0.717, 1.165) is 28.9 Å². The number of rotatable bonds is 7. The van der Waals surface area contributed by atoms with Crippen LogP contribution in [0.3, 0.4) is 0 Å². The maximum Gasteiger partial charge on any atom is 0.0931 e. The summed E-state index contributed by atoms with van der Waals surface area (Å²) in [4.78, 5) is 1.33. The first-order valence-electron chi connectivity index (χ1n) is 7.25. The summed E-state index contributed by atoms with van der Waals surface area (Å²) in [6.07, 6.45) is 1.00. The molecule has 21 heavy (non-hydrogen) atoms. The van der Waals surface area contributed by atoms with Crippen LogP contribution in [0.15, 0.2) is 36.4 Å². The molecule has 114 valence electrons. The maximum atomic E-state index is 6.04. The van der Waals surface area contributed by atoms with Crippen LogP contribution in [0, 0.1) is 5.92 Å². The van der Waals surface area contributed by atoms with E-state index in [1.807, 2.05) is 18.2 Å². The molecule has 4 heteroatoms. The summed E-state index contributed by atoms with van der Waals surface area (Å²) >= 11 is 13.7. The first-order valence-corrected chi connectivity index (χ1v) is 8.82. The minimum absolute atomic E-state index is 0.440. The molecule has 0 fully saturated rings. The van der Waals surface area contributed by atoms with Gasteiger partial charge in [0, 0.05) is 22.4 Å². The van der Waals surface area contributed by atoms with Crippen molar-refractivity contribution in [1.82, 2.24) is 5.32 Å². The summed E-state index contributed by atoms with van der Waals surface area (Å²) in [7, 11) is 0. The predicted molar refractivity (Wildman–Crippen MR) is 94.9 cm³/mol. The van der Waals surface area contributed by atoms with Crippen LogP contribution in [0.1, 0.15) is 30.2 Å². The first kappa shape index (κ1) is 16.8. The van der Waals surface area contributed by atoms with E-state index in [9.17, 15) is 0 Å². The quantitative estimate of drug-likeness (QED) is 0.688. The lowest BCUT2D eigenvalue weighted by atomic mass is 9.94. The average molecular weight is 342 g/mol. The fourth-order valence-corrected chi connectivity index (χ4v) is 3.59. The Morgan fingerprint density at radius 1 is 1.00 bits per heavy atom. The Kier molecular flexibility index (Phi) is 6.56. The molecule has 2 aromatic rings. The summed E-state index contributed by atoms with van der Waals surface area (Å²) in [5.41, 5.74) is 1.32. The Balaban J connectivity index is 2.07. The molecular formula is C17H21Cl2NS. The van der Waals surface area contributed by atoms with Gasteiger partial charge in [0.1, 0.15) is 0 Å². The van der Waals surface area contributed by atoms with E-state index in [1.165, 1.54) is 10.4 Å². The van der Waals surface area contributed by atoms with Crippen molar-refractivity contribution in [3.05, 3.63) is 56.2 Å². The third kappa shape index (κ3) is 5.63. The van der Waals surface area contributed by atoms with Gasteiger partial charge in [0.25, 0.3) is 0 Å². The van der Waals surface area contributed by atoms with Gasteiger partial charge in [-0.3, -0.25) is 0 Å². The highest BCUT2D eigenvalue weighted by molar-refractivity contribution is 7.16. The molecule has 0 aliphatic heterocycles. The maximum absolute atomic E-state index is 6.04. The van der Waals surface area contributed by atoms with Gasteiger partial charge in [0.2, 0.25) is 0 Å². The van der Waals surface area contributed by atoms with Crippen LogP contribution >= 0.6 is 34.5 Å². The monoisotopic (exact) mass is 341 g/mol. The van der Waals surface area contributed by atoms with Gasteiger partial charge in [-0.2, -0.15) is 0 Å². The van der Waals surface area contributed by atoms with Gasteiger partial charge in [-0.25, -0.2) is 0 Å². The molecule has 0 amide bonds. The Labute approximate surface area is 141 Å². The fourth-order valence-electron chi connectivity index (χ4n) is 2.29. The lowest BCUT2D eigenvalue weighted by molar-refractivity contribution is 0.515. The predicted octanol–water partition coefficient (Wildman–Crippen LogP) is 5.63. The second-order valence-electron chi connectivity index (χ2n) is 5.71. The molecule has 0 aliphatic carbocycles. The number of hydrogen-bond acceptors (Lipinski definition) is 2. The summed E-state index contributed by atoms with van der Waals surface area (Å²) in [5.74, 6) is 1.10. The number of benzene rings is 1. The third-order valence-corrected chi connectivity index (χ3v) is 4.87. The molecule has 1 atom stereocenters. The average Bonchev–Trinajstić information content (AvgIpc) is 2.84. The molecule has 1 N–H and O–H groups in total. The van der Waals surface area contributed by atoms with Crippen LogP contribution in [0.4, 0.5) is 0 Å². The van der Waals surface area contributed by atoms with Crippen LogP contribution in [-0.2, 0) is 6.42 Å². The fraction of sp³-hybridized carbons (Fsp3) is 0.412. The number of nitrogens with one attached hydrogen (secondary N) is 1. The number of thiophene rings is 1. The van der Waals surface area contributed by atoms with Gasteiger partial charge in [-0.15, -0.1) is 11.3 Å². The Morgan fingerprint density at radius 3 is 2.29 bits per heavy atom. The zero-order valence-electron chi connectivity index (χ0n) is 12.4. The summed E-state index contributed by atoms with van der Waals surface area (Å²) in [5, 5.41) is 4.35. The zero-order chi connectivity index (χ0) is 15.2. The van der Waals surface area contributed by atoms with E-state index in [2.05, 4.69) is 37.4 Å². The zero-order valence-corrected chi connectivity index (χ0v) is 14.7. The highest BCUT2D eigenvalue weighted by Gasteiger charge is 2.14. The Hall–Kier alpha value is -0.540. The van der Waals surface area contributed by atoms with E-state index in [0.29, 0.717) is 11.8 Å². The first-order chi connectivity index (χ1) is 10.0. The molecule has 2 rings (SSSR count). The molecule has 1 unspecified atom stereocenters. The molecule has 0 radical (unpaired) electrons. The molecule has 1 heterocycles. The minimum atomic E-state index is 0.440. The lowest BCUT2D eigenvalue weighted by Crippen LogP contribution is -2.26. The van der Waals surface area contributed by atoms with E-state index in [4.69, 9.17) is 23.2 Å². The van der Waals surface area contributed by atoms with E-state index in [1.54, 1.807) is 11.3 Å². The van der Waals surface area contributed by atoms with E-state index in [-0.39, 0.29) is 0 Å². The van der Waals surface area contributed by atoms with Crippen LogP contribution in [0.25, 0.3) is 0 Å². The smallest absolute Gasteiger partial charge is 0.0931 e. The Morgan fingerprint density at radius 2 is 1.71 bits per heavy atom. The molecule has 0 bridgehead atoms. The molecular weight excluding hydrogens is 321 g/mol. The second-order valence-corrected chi connectivity index (χ2v) is 7.95. The van der Waals surface area contributed by atoms with Crippen LogP contribution in [0.2, 0.25) is 9.36 Å². The van der Waals surface area contributed by atoms with Crippen molar-refractivity contribution in [3.8, 4) is 0 Å². The van der Waals surface area contributed by atoms with Crippen molar-refractivity contribution in [1.29, 1.82) is 0 Å².